The third kappa shape index (κ3) is 3.15. The van der Waals surface area contributed by atoms with Crippen molar-refractivity contribution in [1.29, 1.82) is 15.8 Å². The predicted octanol–water partition coefficient (Wildman–Crippen LogP) is 0.860. The van der Waals surface area contributed by atoms with Crippen LogP contribution in [0.2, 0.25) is 0 Å². The van der Waals surface area contributed by atoms with Crippen molar-refractivity contribution in [2.45, 2.75) is 0 Å². The molecule has 1 aromatic rings. The van der Waals surface area contributed by atoms with Crippen LogP contribution in [0.25, 0.3) is 0 Å². The molecule has 1 heterocycles. The first-order valence-electron chi connectivity index (χ1n) is 6.52. The Morgan fingerprint density at radius 1 is 1.18 bits per heavy atom. The van der Waals surface area contributed by atoms with Crippen molar-refractivity contribution in [3.8, 4) is 18.2 Å². The van der Waals surface area contributed by atoms with Crippen molar-refractivity contribution in [3.63, 3.8) is 0 Å². The highest BCUT2D eigenvalue weighted by Gasteiger charge is 2.19. The van der Waals surface area contributed by atoms with Crippen molar-refractivity contribution < 1.29 is 4.79 Å². The SMILES string of the molecule is N#CC(C#N)=C(C#N)Nc1ccccc1N1CCNC(=O)C1. The van der Waals surface area contributed by atoms with E-state index in [2.05, 4.69) is 10.6 Å². The van der Waals surface area contributed by atoms with Gasteiger partial charge in [-0.1, -0.05) is 12.1 Å². The average Bonchev–Trinajstić information content (AvgIpc) is 2.55. The molecule has 0 aliphatic carbocycles. The largest absolute Gasteiger partial charge is 0.359 e. The lowest BCUT2D eigenvalue weighted by Crippen LogP contribution is -2.47. The molecule has 1 amide bonds. The second kappa shape index (κ2) is 6.78. The summed E-state index contributed by atoms with van der Waals surface area (Å²) in [6.45, 7) is 1.39. The highest BCUT2D eigenvalue weighted by atomic mass is 16.2. The maximum absolute atomic E-state index is 11.5. The van der Waals surface area contributed by atoms with E-state index in [9.17, 15) is 4.79 Å². The van der Waals surface area contributed by atoms with Gasteiger partial charge >= 0.3 is 0 Å². The number of nitrogens with zero attached hydrogens (tertiary/aromatic N) is 4. The Hall–Kier alpha value is -3.50. The van der Waals surface area contributed by atoms with Crippen LogP contribution in [-0.2, 0) is 4.79 Å². The molecule has 0 radical (unpaired) electrons. The molecule has 0 spiro atoms. The lowest BCUT2D eigenvalue weighted by molar-refractivity contribution is -0.120. The Balaban J connectivity index is 2.36. The number of piperazine rings is 1. The molecule has 7 heteroatoms. The fourth-order valence-electron chi connectivity index (χ4n) is 2.12. The summed E-state index contributed by atoms with van der Waals surface area (Å²) < 4.78 is 0. The summed E-state index contributed by atoms with van der Waals surface area (Å²) in [7, 11) is 0. The topological polar surface area (TPSA) is 116 Å². The molecular weight excluding hydrogens is 280 g/mol. The summed E-state index contributed by atoms with van der Waals surface area (Å²) in [4.78, 5) is 13.4. The number of rotatable bonds is 3. The van der Waals surface area contributed by atoms with E-state index >= 15 is 0 Å². The van der Waals surface area contributed by atoms with Gasteiger partial charge in [0.15, 0.2) is 5.57 Å². The molecule has 1 aliphatic heterocycles. The second-order valence-electron chi connectivity index (χ2n) is 4.50. The second-order valence-corrected chi connectivity index (χ2v) is 4.50. The van der Waals surface area contributed by atoms with E-state index in [1.54, 1.807) is 24.3 Å². The van der Waals surface area contributed by atoms with Crippen LogP contribution in [0, 0.1) is 34.0 Å². The van der Waals surface area contributed by atoms with Crippen LogP contribution in [-0.4, -0.2) is 25.5 Å². The minimum Gasteiger partial charge on any atom is -0.359 e. The standard InChI is InChI=1S/C15H12N6O/c16-7-11(8-17)13(9-18)20-12-3-1-2-4-14(12)21-6-5-19-15(22)10-21/h1-4,20H,5-6,10H2,(H,19,22). The zero-order chi connectivity index (χ0) is 15.9. The van der Waals surface area contributed by atoms with E-state index in [1.807, 2.05) is 23.1 Å². The summed E-state index contributed by atoms with van der Waals surface area (Å²) >= 11 is 0. The zero-order valence-corrected chi connectivity index (χ0v) is 11.6. The molecule has 1 aliphatic rings. The number of amides is 1. The molecule has 0 unspecified atom stereocenters. The minimum atomic E-state index is -0.284. The van der Waals surface area contributed by atoms with E-state index in [1.165, 1.54) is 0 Å². The molecule has 22 heavy (non-hydrogen) atoms. The maximum Gasteiger partial charge on any atom is 0.239 e. The first-order valence-corrected chi connectivity index (χ1v) is 6.52. The van der Waals surface area contributed by atoms with Crippen molar-refractivity contribution >= 4 is 17.3 Å². The number of anilines is 2. The number of para-hydroxylation sites is 2. The fraction of sp³-hybridized carbons (Fsp3) is 0.200. The van der Waals surface area contributed by atoms with Gasteiger partial charge in [0.2, 0.25) is 5.91 Å². The molecule has 0 atom stereocenters. The Kier molecular flexibility index (Phi) is 4.59. The first kappa shape index (κ1) is 14.9. The van der Waals surface area contributed by atoms with Crippen LogP contribution in [0.1, 0.15) is 0 Å². The van der Waals surface area contributed by atoms with Crippen molar-refractivity contribution in [1.82, 2.24) is 5.32 Å². The lowest BCUT2D eigenvalue weighted by Gasteiger charge is -2.30. The van der Waals surface area contributed by atoms with Crippen LogP contribution in [0.3, 0.4) is 0 Å². The molecule has 0 bridgehead atoms. The summed E-state index contributed by atoms with van der Waals surface area (Å²) in [5, 5.41) is 32.4. The number of hydrogen-bond donors (Lipinski definition) is 2. The van der Waals surface area contributed by atoms with Gasteiger partial charge < -0.3 is 15.5 Å². The monoisotopic (exact) mass is 292 g/mol. The van der Waals surface area contributed by atoms with Gasteiger partial charge in [0.1, 0.15) is 23.9 Å². The number of nitriles is 3. The molecule has 2 N–H and O–H groups in total. The van der Waals surface area contributed by atoms with Gasteiger partial charge in [-0.2, -0.15) is 15.8 Å². The maximum atomic E-state index is 11.5. The van der Waals surface area contributed by atoms with Crippen LogP contribution >= 0.6 is 0 Å². The highest BCUT2D eigenvalue weighted by Crippen LogP contribution is 2.27. The van der Waals surface area contributed by atoms with Crippen molar-refractivity contribution in [3.05, 3.63) is 35.5 Å². The van der Waals surface area contributed by atoms with Gasteiger partial charge in [-0.05, 0) is 12.1 Å². The van der Waals surface area contributed by atoms with Gasteiger partial charge in [-0.15, -0.1) is 0 Å². The van der Waals surface area contributed by atoms with E-state index in [0.29, 0.717) is 18.8 Å². The Labute approximate surface area is 127 Å². The summed E-state index contributed by atoms with van der Waals surface area (Å²) in [5.74, 6) is -0.0770. The van der Waals surface area contributed by atoms with Gasteiger partial charge in [-0.3, -0.25) is 4.79 Å². The highest BCUT2D eigenvalue weighted by molar-refractivity contribution is 5.85. The molecule has 108 valence electrons. The molecule has 0 aromatic heterocycles. The van der Waals surface area contributed by atoms with Crippen LogP contribution in [0.15, 0.2) is 35.5 Å². The number of benzene rings is 1. The molecule has 0 saturated carbocycles. The van der Waals surface area contributed by atoms with Gasteiger partial charge in [-0.25, -0.2) is 0 Å². The smallest absolute Gasteiger partial charge is 0.239 e. The number of hydrogen-bond acceptors (Lipinski definition) is 6. The van der Waals surface area contributed by atoms with Crippen LogP contribution < -0.4 is 15.5 Å². The van der Waals surface area contributed by atoms with Crippen LogP contribution in [0.5, 0.6) is 0 Å². The number of carbonyl (C=O) groups is 1. The zero-order valence-electron chi connectivity index (χ0n) is 11.6. The molecule has 2 rings (SSSR count). The molecular formula is C15H12N6O. The lowest BCUT2D eigenvalue weighted by atomic mass is 10.2. The number of allylic oxidation sites excluding steroid dienone is 2. The molecule has 1 fully saturated rings. The van der Waals surface area contributed by atoms with E-state index in [0.717, 1.165) is 5.69 Å². The van der Waals surface area contributed by atoms with Crippen molar-refractivity contribution in [2.24, 2.45) is 0 Å². The minimum absolute atomic E-state index is 0.0770. The third-order valence-electron chi connectivity index (χ3n) is 3.13. The van der Waals surface area contributed by atoms with Crippen molar-refractivity contribution in [2.75, 3.05) is 29.9 Å². The van der Waals surface area contributed by atoms with E-state index < -0.39 is 0 Å². The molecule has 1 saturated heterocycles. The van der Waals surface area contributed by atoms with E-state index in [-0.39, 0.29) is 23.7 Å². The Morgan fingerprint density at radius 3 is 2.55 bits per heavy atom. The summed E-state index contributed by atoms with van der Waals surface area (Å²) in [5.41, 5.74) is 0.907. The molecule has 7 nitrogen and oxygen atoms in total. The first-order chi connectivity index (χ1) is 10.7. The fourth-order valence-corrected chi connectivity index (χ4v) is 2.12. The normalized spacial score (nSPS) is 13.1. The predicted molar refractivity (Wildman–Crippen MR) is 79.2 cm³/mol. The van der Waals surface area contributed by atoms with Gasteiger partial charge in [0.05, 0.1) is 17.9 Å². The Bertz CT molecular complexity index is 731. The average molecular weight is 292 g/mol. The summed E-state index contributed by atoms with van der Waals surface area (Å²) in [6, 6.07) is 12.3. The van der Waals surface area contributed by atoms with Gasteiger partial charge in [0, 0.05) is 13.1 Å². The Morgan fingerprint density at radius 2 is 1.91 bits per heavy atom. The molecule has 1 aromatic carbocycles. The summed E-state index contributed by atoms with van der Waals surface area (Å²) in [6.07, 6.45) is 0. The number of nitrogens with one attached hydrogen (secondary N) is 2. The van der Waals surface area contributed by atoms with Gasteiger partial charge in [0.25, 0.3) is 0 Å². The number of carbonyl (C=O) groups excluding carboxylic acids is 1. The quantitative estimate of drug-likeness (QED) is 0.798. The third-order valence-corrected chi connectivity index (χ3v) is 3.13. The van der Waals surface area contributed by atoms with Crippen LogP contribution in [0.4, 0.5) is 11.4 Å². The van der Waals surface area contributed by atoms with E-state index in [4.69, 9.17) is 15.8 Å².